The molecule has 16 heavy (non-hydrogen) atoms. The molecule has 6 nitrogen and oxygen atoms in total. The van der Waals surface area contributed by atoms with Crippen molar-refractivity contribution in [3.63, 3.8) is 0 Å². The van der Waals surface area contributed by atoms with Gasteiger partial charge in [-0.25, -0.2) is 4.79 Å². The van der Waals surface area contributed by atoms with Crippen molar-refractivity contribution in [2.24, 2.45) is 17.6 Å². The summed E-state index contributed by atoms with van der Waals surface area (Å²) in [6.45, 7) is 0. The maximum Gasteiger partial charge on any atom is 0.345 e. The Kier molecular flexibility index (Phi) is 1.56. The van der Waals surface area contributed by atoms with Gasteiger partial charge in [-0.3, -0.25) is 4.79 Å². The van der Waals surface area contributed by atoms with Gasteiger partial charge in [0.1, 0.15) is 0 Å². The fourth-order valence-electron chi connectivity index (χ4n) is 2.33. The van der Waals surface area contributed by atoms with Gasteiger partial charge in [-0.1, -0.05) is 6.08 Å². The van der Waals surface area contributed by atoms with E-state index < -0.39 is 29.7 Å². The van der Waals surface area contributed by atoms with E-state index in [4.69, 9.17) is 15.2 Å². The molecule has 0 saturated carbocycles. The Labute approximate surface area is 90.3 Å². The maximum atomic E-state index is 11.5. The van der Waals surface area contributed by atoms with Gasteiger partial charge in [-0.15, -0.1) is 0 Å². The van der Waals surface area contributed by atoms with Crippen LogP contribution >= 0.6 is 0 Å². The number of aliphatic hydroxyl groups is 1. The van der Waals surface area contributed by atoms with Crippen molar-refractivity contribution in [3.8, 4) is 0 Å². The van der Waals surface area contributed by atoms with Crippen LogP contribution in [0, 0.1) is 11.8 Å². The molecule has 0 aromatic heterocycles. The predicted octanol–water partition coefficient (Wildman–Crippen LogP) is -1.20. The number of esters is 1. The average molecular weight is 233 g/mol. The van der Waals surface area contributed by atoms with E-state index in [-0.39, 0.29) is 11.7 Å². The zero-order chi connectivity index (χ0) is 11.5. The SMILES string of the molecule is N[13C](=O)[13C]1=[13CH][13C@H]2[13C@@H]3[13CH]=[13CH][13C@@]2(O)[13C](=O)O[13C@@H]3O1. The number of ether oxygens (including phenoxy) is 2. The van der Waals surface area contributed by atoms with Gasteiger partial charge in [0.2, 0.25) is 0 Å². The highest BCUT2D eigenvalue weighted by Crippen LogP contribution is 2.47. The second kappa shape index (κ2) is 2.65. The first kappa shape index (κ1) is 9.41. The normalized spacial score (nSPS) is 43.4. The number of carbonyl (C=O) groups excluding carboxylic acids is 2. The van der Waals surface area contributed by atoms with Crippen molar-refractivity contribution in [3.05, 3.63) is 24.0 Å². The molecule has 1 fully saturated rings. The first-order valence-corrected chi connectivity index (χ1v) is 4.83. The van der Waals surface area contributed by atoms with Crippen LogP contribution in [-0.4, -0.2) is 28.9 Å². The summed E-state index contributed by atoms with van der Waals surface area (Å²) in [5.74, 6) is -2.36. The summed E-state index contributed by atoms with van der Waals surface area (Å²) >= 11 is 0. The standard InChI is InChI=1S/C10H9NO5/c11-7(12)6-3-5-4-1-2-10(5,14)9(13)16-8(4)15-6/h1-5,8,14H,(H2,11,12)/t4-,5-,8-,10-/m0/s1/i1+1,2+1,3+1,4+1,5+1,6+1,7+1,8+1,9+1,10+1. The molecule has 2 aliphatic heterocycles. The molecule has 84 valence electrons. The molecule has 4 bridgehead atoms. The minimum Gasteiger partial charge on any atom is -0.449 e. The monoisotopic (exact) mass is 233 g/mol. The van der Waals surface area contributed by atoms with Crippen LogP contribution in [0.2, 0.25) is 0 Å². The fraction of sp³-hybridized carbons (Fsp3) is 0.400. The number of rotatable bonds is 1. The molecule has 1 amide bonds. The van der Waals surface area contributed by atoms with Crippen LogP contribution in [0.4, 0.5) is 0 Å². The molecular formula is C10H9NO5. The van der Waals surface area contributed by atoms with E-state index >= 15 is 0 Å². The lowest BCUT2D eigenvalue weighted by molar-refractivity contribution is -0.224. The van der Waals surface area contributed by atoms with Gasteiger partial charge in [0, 0.05) is 5.92 Å². The third kappa shape index (κ3) is 0.943. The minimum atomic E-state index is -1.69. The highest BCUT2D eigenvalue weighted by Gasteiger charge is 2.59. The van der Waals surface area contributed by atoms with Gasteiger partial charge in [-0.2, -0.15) is 0 Å². The van der Waals surface area contributed by atoms with Crippen molar-refractivity contribution in [2.45, 2.75) is 11.9 Å². The topological polar surface area (TPSA) is 98.9 Å². The first-order valence-electron chi connectivity index (χ1n) is 4.83. The van der Waals surface area contributed by atoms with Gasteiger partial charge in [-0.05, 0) is 12.2 Å². The van der Waals surface area contributed by atoms with E-state index in [1.807, 2.05) is 0 Å². The largest absolute Gasteiger partial charge is 0.449 e. The molecule has 0 aromatic carbocycles. The van der Waals surface area contributed by atoms with Crippen molar-refractivity contribution in [1.82, 2.24) is 0 Å². The van der Waals surface area contributed by atoms with Crippen LogP contribution in [0.25, 0.3) is 0 Å². The molecule has 0 unspecified atom stereocenters. The van der Waals surface area contributed by atoms with E-state index in [0.29, 0.717) is 0 Å². The number of nitrogens with two attached hydrogens (primary N) is 1. The Bertz CT molecular complexity index is 454. The van der Waals surface area contributed by atoms with Crippen LogP contribution < -0.4 is 5.73 Å². The van der Waals surface area contributed by atoms with Gasteiger partial charge in [0.05, 0.1) is 5.92 Å². The van der Waals surface area contributed by atoms with E-state index in [1.54, 1.807) is 6.08 Å². The lowest BCUT2D eigenvalue weighted by Crippen LogP contribution is -2.55. The Hall–Kier alpha value is -1.82. The number of amides is 1. The third-order valence-corrected chi connectivity index (χ3v) is 3.18. The zero-order valence-electron chi connectivity index (χ0n) is 8.12. The fourth-order valence-corrected chi connectivity index (χ4v) is 2.33. The second-order valence-corrected chi connectivity index (χ2v) is 4.07. The summed E-state index contributed by atoms with van der Waals surface area (Å²) < 4.78 is 10.1. The van der Waals surface area contributed by atoms with E-state index in [1.165, 1.54) is 12.2 Å². The molecule has 1 saturated heterocycles. The zero-order valence-corrected chi connectivity index (χ0v) is 8.12. The van der Waals surface area contributed by atoms with Crippen molar-refractivity contribution in [2.75, 3.05) is 0 Å². The second-order valence-electron chi connectivity index (χ2n) is 4.07. The van der Waals surface area contributed by atoms with Crippen LogP contribution in [-0.2, 0) is 19.1 Å². The Morgan fingerprint density at radius 1 is 1.50 bits per heavy atom. The molecule has 0 radical (unpaired) electrons. The molecule has 2 heterocycles. The Morgan fingerprint density at radius 3 is 2.94 bits per heavy atom. The molecule has 0 spiro atoms. The average Bonchev–Trinajstić information content (AvgIpc) is 2.50. The summed E-state index contributed by atoms with van der Waals surface area (Å²) in [6.07, 6.45) is 3.57. The first-order chi connectivity index (χ1) is 7.52. The highest BCUT2D eigenvalue weighted by atomic mass is 16.9. The van der Waals surface area contributed by atoms with Crippen LogP contribution in [0.5, 0.6) is 0 Å². The molecule has 0 aromatic rings. The van der Waals surface area contributed by atoms with Gasteiger partial charge in [0.15, 0.2) is 11.4 Å². The smallest absolute Gasteiger partial charge is 0.345 e. The Morgan fingerprint density at radius 2 is 2.25 bits per heavy atom. The number of carbonyl (C=O) groups is 2. The molecule has 3 rings (SSSR count). The molecule has 4 atom stereocenters. The minimum absolute atomic E-state index is 0.0686. The Balaban J connectivity index is 2.09. The van der Waals surface area contributed by atoms with E-state index in [0.717, 1.165) is 0 Å². The van der Waals surface area contributed by atoms with Gasteiger partial charge >= 0.3 is 5.97 Å². The number of hydrogen-bond acceptors (Lipinski definition) is 5. The summed E-state index contributed by atoms with van der Waals surface area (Å²) in [7, 11) is 0. The van der Waals surface area contributed by atoms with Crippen LogP contribution in [0.3, 0.4) is 0 Å². The van der Waals surface area contributed by atoms with E-state index in [2.05, 4.69) is 0 Å². The maximum absolute atomic E-state index is 11.5. The molecular weight excluding hydrogens is 224 g/mol. The molecule has 6 heteroatoms. The third-order valence-electron chi connectivity index (χ3n) is 3.18. The van der Waals surface area contributed by atoms with Crippen LogP contribution in [0.15, 0.2) is 24.0 Å². The predicted molar refractivity (Wildman–Crippen MR) is 49.3 cm³/mol. The van der Waals surface area contributed by atoms with Crippen molar-refractivity contribution < 1.29 is 24.2 Å². The van der Waals surface area contributed by atoms with Gasteiger partial charge in [0.25, 0.3) is 12.2 Å². The van der Waals surface area contributed by atoms with Crippen molar-refractivity contribution in [1.29, 1.82) is 0 Å². The summed E-state index contributed by atoms with van der Waals surface area (Å²) in [5.41, 5.74) is 3.40. The van der Waals surface area contributed by atoms with Crippen molar-refractivity contribution >= 4 is 11.9 Å². The summed E-state index contributed by atoms with van der Waals surface area (Å²) in [6, 6.07) is 0. The van der Waals surface area contributed by atoms with E-state index in [9.17, 15) is 14.7 Å². The molecule has 3 N–H and O–H groups in total. The lowest BCUT2D eigenvalue weighted by Gasteiger charge is -2.41. The highest BCUT2D eigenvalue weighted by molar-refractivity contribution is 5.91. The number of hydrogen-bond donors (Lipinski definition) is 2. The molecule has 1 aliphatic carbocycles. The summed E-state index contributed by atoms with van der Waals surface area (Å²) in [4.78, 5) is 22.5. The summed E-state index contributed by atoms with van der Waals surface area (Å²) in [5, 5.41) is 10.1. The molecule has 3 aliphatic rings. The lowest BCUT2D eigenvalue weighted by atomic mass is 10.8. The number of primary amides is 1. The van der Waals surface area contributed by atoms with Crippen LogP contribution in [0.1, 0.15) is 0 Å². The quantitative estimate of drug-likeness (QED) is 0.337. The van der Waals surface area contributed by atoms with Gasteiger partial charge < -0.3 is 20.3 Å².